The van der Waals surface area contributed by atoms with E-state index >= 15 is 0 Å². The topological polar surface area (TPSA) is 57.7 Å². The normalized spacial score (nSPS) is 18.6. The number of H-pyrrole nitrogens is 1. The number of benzene rings is 1. The summed E-state index contributed by atoms with van der Waals surface area (Å²) >= 11 is 0. The molecule has 5 nitrogen and oxygen atoms in total. The van der Waals surface area contributed by atoms with Crippen LogP contribution in [0.3, 0.4) is 0 Å². The van der Waals surface area contributed by atoms with Gasteiger partial charge in [0.2, 0.25) is 0 Å². The number of aliphatic hydroxyl groups is 1. The smallest absolute Gasteiger partial charge is 0.128 e. The van der Waals surface area contributed by atoms with Crippen molar-refractivity contribution in [3.63, 3.8) is 0 Å². The molecule has 1 aromatic carbocycles. The van der Waals surface area contributed by atoms with Crippen molar-refractivity contribution in [2.75, 3.05) is 33.4 Å². The number of aromatic amines is 1. The summed E-state index contributed by atoms with van der Waals surface area (Å²) in [7, 11) is 1.77. The van der Waals surface area contributed by atoms with Gasteiger partial charge >= 0.3 is 0 Å². The highest BCUT2D eigenvalue weighted by Gasteiger charge is 2.20. The third-order valence-corrected chi connectivity index (χ3v) is 4.32. The molecule has 0 radical (unpaired) electrons. The van der Waals surface area contributed by atoms with E-state index in [9.17, 15) is 5.11 Å². The second kappa shape index (κ2) is 7.13. The molecule has 0 saturated carbocycles. The molecular formula is C17H24N2O3. The van der Waals surface area contributed by atoms with Crippen molar-refractivity contribution in [1.82, 2.24) is 9.88 Å². The number of likely N-dealkylation sites (tertiary alicyclic amines) is 1. The Morgan fingerprint density at radius 2 is 2.14 bits per heavy atom. The van der Waals surface area contributed by atoms with Gasteiger partial charge in [-0.05, 0) is 31.0 Å². The number of aromatic nitrogens is 1. The first-order chi connectivity index (χ1) is 10.8. The van der Waals surface area contributed by atoms with Gasteiger partial charge in [-0.25, -0.2) is 0 Å². The molecule has 1 atom stereocenters. The van der Waals surface area contributed by atoms with Crippen LogP contribution >= 0.6 is 0 Å². The first-order valence-corrected chi connectivity index (χ1v) is 7.88. The molecule has 1 aromatic heterocycles. The van der Waals surface area contributed by atoms with E-state index in [4.69, 9.17) is 9.47 Å². The van der Waals surface area contributed by atoms with Crippen LogP contribution in [0.5, 0.6) is 5.75 Å². The largest absolute Gasteiger partial charge is 0.490 e. The molecule has 120 valence electrons. The Morgan fingerprint density at radius 3 is 2.91 bits per heavy atom. The fraction of sp³-hybridized carbons (Fsp3) is 0.529. The lowest BCUT2D eigenvalue weighted by atomic mass is 10.1. The minimum Gasteiger partial charge on any atom is -0.490 e. The van der Waals surface area contributed by atoms with E-state index in [1.165, 1.54) is 0 Å². The van der Waals surface area contributed by atoms with Crippen LogP contribution < -0.4 is 4.74 Å². The molecule has 1 fully saturated rings. The average Bonchev–Trinajstić information content (AvgIpc) is 3.03. The molecule has 1 saturated heterocycles. The van der Waals surface area contributed by atoms with Crippen molar-refractivity contribution in [2.45, 2.75) is 25.0 Å². The molecule has 1 unspecified atom stereocenters. The highest BCUT2D eigenvalue weighted by atomic mass is 16.5. The fourth-order valence-corrected chi connectivity index (χ4v) is 3.05. The number of β-amino-alcohol motifs (C(OH)–C–C–N with tert-alkyl or cyclic N) is 1. The Kier molecular flexibility index (Phi) is 4.97. The number of nitrogens with one attached hydrogen (secondary N) is 1. The van der Waals surface area contributed by atoms with E-state index in [1.54, 1.807) is 7.11 Å². The van der Waals surface area contributed by atoms with Crippen LogP contribution in [0.25, 0.3) is 10.9 Å². The molecule has 2 heterocycles. The number of methoxy groups -OCH3 is 1. The van der Waals surface area contributed by atoms with Crippen molar-refractivity contribution in [1.29, 1.82) is 0 Å². The molecule has 0 amide bonds. The second-order valence-electron chi connectivity index (χ2n) is 5.90. The number of hydrogen-bond donors (Lipinski definition) is 2. The summed E-state index contributed by atoms with van der Waals surface area (Å²) in [6.45, 7) is 2.92. The Bertz CT molecular complexity index is 590. The Balaban J connectivity index is 1.48. The summed E-state index contributed by atoms with van der Waals surface area (Å²) in [5, 5.41) is 11.3. The number of nitrogens with zero attached hydrogens (tertiary/aromatic N) is 1. The molecule has 0 spiro atoms. The van der Waals surface area contributed by atoms with Crippen molar-refractivity contribution in [3.8, 4) is 5.75 Å². The summed E-state index contributed by atoms with van der Waals surface area (Å²) < 4.78 is 11.2. The molecule has 1 aliphatic heterocycles. The maximum Gasteiger partial charge on any atom is 0.128 e. The predicted octanol–water partition coefficient (Wildman–Crippen LogP) is 2.02. The maximum atomic E-state index is 10.2. The van der Waals surface area contributed by atoms with Crippen LogP contribution in [0, 0.1) is 0 Å². The molecular weight excluding hydrogens is 280 g/mol. The number of fused-ring (bicyclic) bond motifs is 1. The van der Waals surface area contributed by atoms with Crippen molar-refractivity contribution >= 4 is 10.9 Å². The van der Waals surface area contributed by atoms with Crippen LogP contribution in [0.15, 0.2) is 30.5 Å². The predicted molar refractivity (Wildman–Crippen MR) is 86.3 cm³/mol. The van der Waals surface area contributed by atoms with Gasteiger partial charge in [-0.1, -0.05) is 6.07 Å². The first kappa shape index (κ1) is 15.3. The highest BCUT2D eigenvalue weighted by Crippen LogP contribution is 2.24. The van der Waals surface area contributed by atoms with Gasteiger partial charge in [-0.3, -0.25) is 0 Å². The van der Waals surface area contributed by atoms with Gasteiger partial charge in [0.05, 0.1) is 6.10 Å². The van der Waals surface area contributed by atoms with Crippen molar-refractivity contribution in [3.05, 3.63) is 30.5 Å². The lowest BCUT2D eigenvalue weighted by molar-refractivity contribution is 0.0154. The summed E-state index contributed by atoms with van der Waals surface area (Å²) in [6, 6.07) is 7.90. The standard InChI is InChI=1S/C17H24N2O3/c1-21-14-6-9-19(10-7-14)11-13(20)12-22-17-4-2-3-16-15(17)5-8-18-16/h2-5,8,13-14,18,20H,6-7,9-12H2,1H3. The van der Waals surface area contributed by atoms with Gasteiger partial charge in [-0.2, -0.15) is 0 Å². The Labute approximate surface area is 130 Å². The second-order valence-corrected chi connectivity index (χ2v) is 5.90. The van der Waals surface area contributed by atoms with Crippen LogP contribution in [0.2, 0.25) is 0 Å². The minimum atomic E-state index is -0.478. The Hall–Kier alpha value is -1.56. The molecule has 2 N–H and O–H groups in total. The van der Waals surface area contributed by atoms with Gasteiger partial charge < -0.3 is 24.5 Å². The van der Waals surface area contributed by atoms with E-state index in [-0.39, 0.29) is 0 Å². The molecule has 5 heteroatoms. The third kappa shape index (κ3) is 3.61. The van der Waals surface area contributed by atoms with Gasteiger partial charge in [0.25, 0.3) is 0 Å². The van der Waals surface area contributed by atoms with Crippen LogP contribution in [0.1, 0.15) is 12.8 Å². The molecule has 22 heavy (non-hydrogen) atoms. The SMILES string of the molecule is COC1CCN(CC(O)COc2cccc3[nH]ccc23)CC1. The van der Waals surface area contributed by atoms with E-state index in [0.717, 1.165) is 42.6 Å². The summed E-state index contributed by atoms with van der Waals surface area (Å²) in [5.41, 5.74) is 1.05. The maximum absolute atomic E-state index is 10.2. The lowest BCUT2D eigenvalue weighted by Crippen LogP contribution is -2.42. The van der Waals surface area contributed by atoms with Gasteiger partial charge in [0.1, 0.15) is 18.5 Å². The third-order valence-electron chi connectivity index (χ3n) is 4.32. The first-order valence-electron chi connectivity index (χ1n) is 7.88. The molecule has 2 aromatic rings. The zero-order valence-electron chi connectivity index (χ0n) is 13.0. The molecule has 0 aliphatic carbocycles. The Morgan fingerprint density at radius 1 is 1.32 bits per heavy atom. The minimum absolute atomic E-state index is 0.314. The quantitative estimate of drug-likeness (QED) is 0.857. The number of ether oxygens (including phenoxy) is 2. The van der Waals surface area contributed by atoms with Crippen molar-refractivity contribution in [2.24, 2.45) is 0 Å². The fourth-order valence-electron chi connectivity index (χ4n) is 3.05. The van der Waals surface area contributed by atoms with E-state index in [1.807, 2.05) is 30.5 Å². The number of hydrogen-bond acceptors (Lipinski definition) is 4. The number of piperidine rings is 1. The van der Waals surface area contributed by atoms with Crippen LogP contribution in [-0.2, 0) is 4.74 Å². The van der Waals surface area contributed by atoms with Crippen LogP contribution in [-0.4, -0.2) is 60.5 Å². The van der Waals surface area contributed by atoms with E-state index in [0.29, 0.717) is 19.3 Å². The summed E-state index contributed by atoms with van der Waals surface area (Å²) in [6.07, 6.45) is 3.86. The zero-order chi connectivity index (χ0) is 15.4. The summed E-state index contributed by atoms with van der Waals surface area (Å²) in [4.78, 5) is 5.44. The average molecular weight is 304 g/mol. The van der Waals surface area contributed by atoms with Gasteiger partial charge in [0.15, 0.2) is 0 Å². The molecule has 3 rings (SSSR count). The summed E-state index contributed by atoms with van der Waals surface area (Å²) in [5.74, 6) is 0.816. The highest BCUT2D eigenvalue weighted by molar-refractivity contribution is 5.85. The van der Waals surface area contributed by atoms with Crippen molar-refractivity contribution < 1.29 is 14.6 Å². The van der Waals surface area contributed by atoms with Gasteiger partial charge in [0, 0.05) is 43.8 Å². The number of aliphatic hydroxyl groups excluding tert-OH is 1. The zero-order valence-corrected chi connectivity index (χ0v) is 13.0. The van der Waals surface area contributed by atoms with E-state index in [2.05, 4.69) is 9.88 Å². The van der Waals surface area contributed by atoms with Gasteiger partial charge in [-0.15, -0.1) is 0 Å². The number of rotatable bonds is 6. The monoisotopic (exact) mass is 304 g/mol. The molecule has 1 aliphatic rings. The lowest BCUT2D eigenvalue weighted by Gasteiger charge is -2.32. The molecule has 0 bridgehead atoms. The van der Waals surface area contributed by atoms with Crippen LogP contribution in [0.4, 0.5) is 0 Å². The van der Waals surface area contributed by atoms with E-state index < -0.39 is 6.10 Å².